The normalized spacial score (nSPS) is 11.3. The number of esters is 1. The maximum Gasteiger partial charge on any atom is 0.407 e. The van der Waals surface area contributed by atoms with Gasteiger partial charge in [-0.2, -0.15) is 0 Å². The molecule has 0 bridgehead atoms. The zero-order valence-electron chi connectivity index (χ0n) is 13.9. The maximum absolute atomic E-state index is 11.7. The molecule has 2 rings (SSSR count). The highest BCUT2D eigenvalue weighted by atomic mass is 16.6. The van der Waals surface area contributed by atoms with Crippen LogP contribution in [0.5, 0.6) is 0 Å². The molecule has 1 heterocycles. The van der Waals surface area contributed by atoms with Crippen molar-refractivity contribution in [2.75, 3.05) is 6.61 Å². The zero-order valence-corrected chi connectivity index (χ0v) is 13.9. The molecule has 1 aromatic heterocycles. The van der Waals surface area contributed by atoms with Gasteiger partial charge in [-0.25, -0.2) is 9.59 Å². The number of carbonyl (C=O) groups excluding carboxylic acids is 2. The molecule has 0 unspecified atom stereocenters. The molecule has 2 aromatic rings. The molecule has 0 fully saturated rings. The number of aromatic nitrogens is 1. The van der Waals surface area contributed by atoms with Gasteiger partial charge < -0.3 is 19.8 Å². The lowest BCUT2D eigenvalue weighted by molar-refractivity contribution is 0.0512. The van der Waals surface area contributed by atoms with Gasteiger partial charge in [-0.05, 0) is 45.4 Å². The Morgan fingerprint density at radius 1 is 1.22 bits per heavy atom. The Morgan fingerprint density at radius 3 is 2.61 bits per heavy atom. The topological polar surface area (TPSA) is 80.4 Å². The molecule has 124 valence electrons. The highest BCUT2D eigenvalue weighted by Gasteiger charge is 2.16. The third-order valence-corrected chi connectivity index (χ3v) is 3.02. The Hall–Kier alpha value is -2.50. The second-order valence-electron chi connectivity index (χ2n) is 6.18. The van der Waals surface area contributed by atoms with Gasteiger partial charge in [-0.3, -0.25) is 0 Å². The van der Waals surface area contributed by atoms with Crippen molar-refractivity contribution >= 4 is 23.0 Å². The number of alkyl carbamates (subject to hydrolysis) is 1. The van der Waals surface area contributed by atoms with Gasteiger partial charge >= 0.3 is 12.1 Å². The van der Waals surface area contributed by atoms with Gasteiger partial charge in [0.15, 0.2) is 0 Å². The molecule has 6 nitrogen and oxygen atoms in total. The van der Waals surface area contributed by atoms with Crippen molar-refractivity contribution in [2.24, 2.45) is 0 Å². The number of carbonyl (C=O) groups is 2. The van der Waals surface area contributed by atoms with Crippen molar-refractivity contribution in [3.05, 3.63) is 35.5 Å². The van der Waals surface area contributed by atoms with Crippen molar-refractivity contribution in [1.29, 1.82) is 0 Å². The average Bonchev–Trinajstić information content (AvgIpc) is 2.86. The van der Waals surface area contributed by atoms with Crippen molar-refractivity contribution in [3.8, 4) is 0 Å². The summed E-state index contributed by atoms with van der Waals surface area (Å²) in [6.07, 6.45) is -0.462. The van der Waals surface area contributed by atoms with E-state index in [1.165, 1.54) is 0 Å². The molecular weight excluding hydrogens is 296 g/mol. The van der Waals surface area contributed by atoms with Gasteiger partial charge in [0.25, 0.3) is 0 Å². The van der Waals surface area contributed by atoms with Crippen LogP contribution in [-0.4, -0.2) is 29.3 Å². The molecule has 2 N–H and O–H groups in total. The lowest BCUT2D eigenvalue weighted by atomic mass is 10.1. The summed E-state index contributed by atoms with van der Waals surface area (Å²) in [5.74, 6) is -0.378. The Kier molecular flexibility index (Phi) is 4.93. The van der Waals surface area contributed by atoms with Gasteiger partial charge in [0, 0.05) is 17.4 Å². The minimum absolute atomic E-state index is 0.333. The van der Waals surface area contributed by atoms with Gasteiger partial charge in [0.1, 0.15) is 11.3 Å². The summed E-state index contributed by atoms with van der Waals surface area (Å²) in [6.45, 7) is 7.89. The van der Waals surface area contributed by atoms with Crippen LogP contribution in [0, 0.1) is 0 Å². The SMILES string of the molecule is CCOC(=O)c1cc2ccc(CNC(=O)OC(C)(C)C)cc2[nH]1. The molecule has 0 atom stereocenters. The summed E-state index contributed by atoms with van der Waals surface area (Å²) in [5, 5.41) is 3.61. The second kappa shape index (κ2) is 6.73. The van der Waals surface area contributed by atoms with Crippen LogP contribution < -0.4 is 5.32 Å². The van der Waals surface area contributed by atoms with Crippen LogP contribution >= 0.6 is 0 Å². The average molecular weight is 318 g/mol. The first kappa shape index (κ1) is 16.9. The number of aromatic amines is 1. The standard InChI is InChI=1S/C17H22N2O4/c1-5-22-15(20)14-9-12-7-6-11(8-13(12)19-14)10-18-16(21)23-17(2,3)4/h6-9,19H,5,10H2,1-4H3,(H,18,21). The second-order valence-corrected chi connectivity index (χ2v) is 6.18. The van der Waals surface area contributed by atoms with Crippen molar-refractivity contribution in [2.45, 2.75) is 39.8 Å². The zero-order chi connectivity index (χ0) is 17.0. The first-order chi connectivity index (χ1) is 10.8. The number of benzene rings is 1. The van der Waals surface area contributed by atoms with Crippen LogP contribution in [0.4, 0.5) is 4.79 Å². The summed E-state index contributed by atoms with van der Waals surface area (Å²) in [7, 11) is 0. The lowest BCUT2D eigenvalue weighted by Crippen LogP contribution is -2.32. The number of amides is 1. The number of fused-ring (bicyclic) bond motifs is 1. The molecule has 1 aromatic carbocycles. The monoisotopic (exact) mass is 318 g/mol. The first-order valence-electron chi connectivity index (χ1n) is 7.54. The van der Waals surface area contributed by atoms with Crippen molar-refractivity contribution < 1.29 is 19.1 Å². The largest absolute Gasteiger partial charge is 0.461 e. The summed E-state index contributed by atoms with van der Waals surface area (Å²) < 4.78 is 10.2. The highest BCUT2D eigenvalue weighted by Crippen LogP contribution is 2.18. The van der Waals surface area contributed by atoms with Crippen LogP contribution in [0.1, 0.15) is 43.7 Å². The molecule has 0 radical (unpaired) electrons. The van der Waals surface area contributed by atoms with E-state index in [2.05, 4.69) is 10.3 Å². The molecule has 0 aliphatic carbocycles. The number of hydrogen-bond acceptors (Lipinski definition) is 4. The van der Waals surface area contributed by atoms with Crippen molar-refractivity contribution in [1.82, 2.24) is 10.3 Å². The van der Waals surface area contributed by atoms with Gasteiger partial charge in [0.05, 0.1) is 6.61 Å². The van der Waals surface area contributed by atoms with E-state index in [1.807, 2.05) is 39.0 Å². The van der Waals surface area contributed by atoms with Gasteiger partial charge in [-0.15, -0.1) is 0 Å². The fraction of sp³-hybridized carbons (Fsp3) is 0.412. The van der Waals surface area contributed by atoms with Crippen LogP contribution in [0.3, 0.4) is 0 Å². The summed E-state index contributed by atoms with van der Waals surface area (Å²) >= 11 is 0. The van der Waals surface area contributed by atoms with E-state index in [0.717, 1.165) is 16.5 Å². The molecule has 23 heavy (non-hydrogen) atoms. The van der Waals surface area contributed by atoms with Gasteiger partial charge in [-0.1, -0.05) is 12.1 Å². The molecule has 0 saturated heterocycles. The minimum Gasteiger partial charge on any atom is -0.461 e. The quantitative estimate of drug-likeness (QED) is 0.847. The van der Waals surface area contributed by atoms with Crippen LogP contribution in [-0.2, 0) is 16.0 Å². The number of H-pyrrole nitrogens is 1. The number of nitrogens with one attached hydrogen (secondary N) is 2. The molecule has 1 amide bonds. The smallest absolute Gasteiger partial charge is 0.407 e. The van der Waals surface area contributed by atoms with Crippen molar-refractivity contribution in [3.63, 3.8) is 0 Å². The molecular formula is C17H22N2O4. The Morgan fingerprint density at radius 2 is 1.96 bits per heavy atom. The van der Waals surface area contributed by atoms with Gasteiger partial charge in [0.2, 0.25) is 0 Å². The molecule has 6 heteroatoms. The predicted molar refractivity (Wildman–Crippen MR) is 87.3 cm³/mol. The van der Waals surface area contributed by atoms with E-state index >= 15 is 0 Å². The fourth-order valence-corrected chi connectivity index (χ4v) is 2.09. The Labute approximate surface area is 135 Å². The molecule has 0 aliphatic heterocycles. The Bertz CT molecular complexity index is 713. The van der Waals surface area contributed by atoms with E-state index in [-0.39, 0.29) is 5.97 Å². The van der Waals surface area contributed by atoms with E-state index in [1.54, 1.807) is 13.0 Å². The minimum atomic E-state index is -0.526. The predicted octanol–water partition coefficient (Wildman–Crippen LogP) is 3.37. The first-order valence-corrected chi connectivity index (χ1v) is 7.54. The maximum atomic E-state index is 11.7. The third kappa shape index (κ3) is 4.74. The fourth-order valence-electron chi connectivity index (χ4n) is 2.09. The molecule has 0 saturated carbocycles. The van der Waals surface area contributed by atoms with E-state index in [0.29, 0.717) is 18.8 Å². The van der Waals surface area contributed by atoms with Crippen LogP contribution in [0.15, 0.2) is 24.3 Å². The number of ether oxygens (including phenoxy) is 2. The number of hydrogen-bond donors (Lipinski definition) is 2. The van der Waals surface area contributed by atoms with E-state index in [4.69, 9.17) is 9.47 Å². The highest BCUT2D eigenvalue weighted by molar-refractivity contribution is 5.94. The summed E-state index contributed by atoms with van der Waals surface area (Å²) in [4.78, 5) is 26.4. The lowest BCUT2D eigenvalue weighted by Gasteiger charge is -2.19. The van der Waals surface area contributed by atoms with E-state index in [9.17, 15) is 9.59 Å². The summed E-state index contributed by atoms with van der Waals surface area (Å²) in [5.41, 5.74) is 1.61. The van der Waals surface area contributed by atoms with Crippen LogP contribution in [0.25, 0.3) is 10.9 Å². The molecule has 0 spiro atoms. The summed E-state index contributed by atoms with van der Waals surface area (Å²) in [6, 6.07) is 7.41. The molecule has 0 aliphatic rings. The Balaban J connectivity index is 2.05. The number of rotatable bonds is 4. The van der Waals surface area contributed by atoms with E-state index < -0.39 is 11.7 Å². The third-order valence-electron chi connectivity index (χ3n) is 3.02. The van der Waals surface area contributed by atoms with Crippen LogP contribution in [0.2, 0.25) is 0 Å².